The summed E-state index contributed by atoms with van der Waals surface area (Å²) >= 11 is 1.78. The van der Waals surface area contributed by atoms with Gasteiger partial charge >= 0.3 is 5.97 Å². The normalized spacial score (nSPS) is 16.9. The summed E-state index contributed by atoms with van der Waals surface area (Å²) in [5, 5.41) is 0.433. The molecule has 0 aliphatic carbocycles. The molecular weight excluding hydrogens is 370 g/mol. The number of hydrogen-bond donors (Lipinski definition) is 0. The van der Waals surface area contributed by atoms with Gasteiger partial charge in [0.15, 0.2) is 6.61 Å². The van der Waals surface area contributed by atoms with Gasteiger partial charge in [0, 0.05) is 16.7 Å². The van der Waals surface area contributed by atoms with E-state index in [1.807, 2.05) is 36.4 Å². The minimum Gasteiger partial charge on any atom is -0.452 e. The van der Waals surface area contributed by atoms with Crippen molar-refractivity contribution in [3.05, 3.63) is 59.7 Å². The largest absolute Gasteiger partial charge is 0.452 e. The number of rotatable bonds is 3. The summed E-state index contributed by atoms with van der Waals surface area (Å²) in [4.78, 5) is 28.0. The van der Waals surface area contributed by atoms with Crippen LogP contribution in [0.15, 0.2) is 53.4 Å². The van der Waals surface area contributed by atoms with E-state index in [-0.39, 0.29) is 17.9 Å². The van der Waals surface area contributed by atoms with Crippen LogP contribution in [0, 0.1) is 0 Å². The van der Waals surface area contributed by atoms with Gasteiger partial charge in [-0.15, -0.1) is 11.8 Å². The van der Waals surface area contributed by atoms with Crippen molar-refractivity contribution in [1.29, 1.82) is 0 Å². The minimum atomic E-state index is -0.473. The van der Waals surface area contributed by atoms with Crippen LogP contribution in [0.4, 0.5) is 5.69 Å². The first kappa shape index (κ1) is 20.5. The zero-order valence-electron chi connectivity index (χ0n) is 16.9. The Morgan fingerprint density at radius 2 is 1.79 bits per heavy atom. The standard InChI is InChI=1S/C23H27NO3S/c1-16-13-14-24(19-7-5-6-8-20(19)28-16)21(25)15-27-22(26)17-9-11-18(12-10-17)23(2,3)4/h5-12,16H,13-15H2,1-4H3/t16-/m0/s1. The van der Waals surface area contributed by atoms with Crippen molar-refractivity contribution >= 4 is 29.3 Å². The number of hydrogen-bond acceptors (Lipinski definition) is 4. The zero-order chi connectivity index (χ0) is 20.3. The van der Waals surface area contributed by atoms with Crippen molar-refractivity contribution in [1.82, 2.24) is 0 Å². The Balaban J connectivity index is 1.66. The van der Waals surface area contributed by atoms with Crippen molar-refractivity contribution < 1.29 is 14.3 Å². The summed E-state index contributed by atoms with van der Waals surface area (Å²) in [6.07, 6.45) is 0.896. The van der Waals surface area contributed by atoms with Crippen LogP contribution in [0.3, 0.4) is 0 Å². The van der Waals surface area contributed by atoms with Crippen molar-refractivity contribution in [2.24, 2.45) is 0 Å². The number of benzene rings is 2. The molecule has 0 saturated carbocycles. The van der Waals surface area contributed by atoms with Crippen molar-refractivity contribution in [2.75, 3.05) is 18.1 Å². The number of ether oxygens (including phenoxy) is 1. The highest BCUT2D eigenvalue weighted by atomic mass is 32.2. The van der Waals surface area contributed by atoms with E-state index in [2.05, 4.69) is 27.7 Å². The molecule has 28 heavy (non-hydrogen) atoms. The number of carbonyl (C=O) groups excluding carboxylic acids is 2. The highest BCUT2D eigenvalue weighted by molar-refractivity contribution is 8.00. The molecule has 0 N–H and O–H groups in total. The van der Waals surface area contributed by atoms with Gasteiger partial charge in [0.2, 0.25) is 0 Å². The lowest BCUT2D eigenvalue weighted by molar-refractivity contribution is -0.121. The van der Waals surface area contributed by atoms with E-state index in [4.69, 9.17) is 4.74 Å². The molecule has 5 heteroatoms. The Bertz CT molecular complexity index is 855. The number of fused-ring (bicyclic) bond motifs is 1. The quantitative estimate of drug-likeness (QED) is 0.679. The van der Waals surface area contributed by atoms with Crippen LogP contribution >= 0.6 is 11.8 Å². The number of thioether (sulfide) groups is 1. The molecule has 0 bridgehead atoms. The number of anilines is 1. The molecule has 1 aliphatic heterocycles. The number of amides is 1. The van der Waals surface area contributed by atoms with E-state index in [0.29, 0.717) is 17.4 Å². The molecule has 4 nitrogen and oxygen atoms in total. The summed E-state index contributed by atoms with van der Waals surface area (Å²) in [5.41, 5.74) is 2.52. The van der Waals surface area contributed by atoms with Crippen LogP contribution in [0.2, 0.25) is 0 Å². The van der Waals surface area contributed by atoms with Crippen LogP contribution in [0.5, 0.6) is 0 Å². The van der Waals surface area contributed by atoms with E-state index in [1.54, 1.807) is 28.8 Å². The van der Waals surface area contributed by atoms with Crippen molar-refractivity contribution in [3.63, 3.8) is 0 Å². The maximum absolute atomic E-state index is 12.8. The van der Waals surface area contributed by atoms with Crippen LogP contribution < -0.4 is 4.90 Å². The zero-order valence-corrected chi connectivity index (χ0v) is 17.7. The van der Waals surface area contributed by atoms with Gasteiger partial charge in [-0.3, -0.25) is 4.79 Å². The average molecular weight is 398 g/mol. The highest BCUT2D eigenvalue weighted by Crippen LogP contribution is 2.37. The number of carbonyl (C=O) groups is 2. The fraction of sp³-hybridized carbons (Fsp3) is 0.391. The summed E-state index contributed by atoms with van der Waals surface area (Å²) in [7, 11) is 0. The molecule has 1 aliphatic rings. The predicted molar refractivity (Wildman–Crippen MR) is 114 cm³/mol. The third-order valence-corrected chi connectivity index (χ3v) is 6.10. The first-order valence-electron chi connectivity index (χ1n) is 9.59. The Labute approximate surface area is 171 Å². The molecule has 0 spiro atoms. The summed E-state index contributed by atoms with van der Waals surface area (Å²) in [6.45, 7) is 8.90. The summed E-state index contributed by atoms with van der Waals surface area (Å²) in [6, 6.07) is 15.3. The SMILES string of the molecule is C[C@H]1CCN(C(=O)COC(=O)c2ccc(C(C)(C)C)cc2)c2ccccc2S1. The lowest BCUT2D eigenvalue weighted by Crippen LogP contribution is -2.35. The summed E-state index contributed by atoms with van der Waals surface area (Å²) < 4.78 is 5.31. The molecule has 2 aromatic rings. The van der Waals surface area contributed by atoms with E-state index in [0.717, 1.165) is 22.6 Å². The second-order valence-electron chi connectivity index (χ2n) is 8.13. The summed E-state index contributed by atoms with van der Waals surface area (Å²) in [5.74, 6) is -0.665. The Morgan fingerprint density at radius 1 is 1.11 bits per heavy atom. The van der Waals surface area contributed by atoms with Gasteiger partial charge in [0.25, 0.3) is 5.91 Å². The predicted octanol–water partition coefficient (Wildman–Crippen LogP) is 5.06. The van der Waals surface area contributed by atoms with Gasteiger partial charge in [-0.05, 0) is 41.7 Å². The van der Waals surface area contributed by atoms with Gasteiger partial charge < -0.3 is 9.64 Å². The molecule has 0 radical (unpaired) electrons. The second-order valence-corrected chi connectivity index (χ2v) is 9.61. The Hall–Kier alpha value is -2.27. The smallest absolute Gasteiger partial charge is 0.338 e. The van der Waals surface area contributed by atoms with Crippen LogP contribution in [-0.2, 0) is 14.9 Å². The topological polar surface area (TPSA) is 46.6 Å². The Kier molecular flexibility index (Phi) is 6.14. The average Bonchev–Trinajstić information content (AvgIpc) is 2.83. The molecule has 1 amide bonds. The molecule has 0 fully saturated rings. The van der Waals surface area contributed by atoms with Crippen molar-refractivity contribution in [3.8, 4) is 0 Å². The maximum atomic E-state index is 12.8. The lowest BCUT2D eigenvalue weighted by atomic mass is 9.87. The molecule has 3 rings (SSSR count). The maximum Gasteiger partial charge on any atom is 0.338 e. The van der Waals surface area contributed by atoms with Crippen molar-refractivity contribution in [2.45, 2.75) is 49.7 Å². The fourth-order valence-electron chi connectivity index (χ4n) is 3.14. The van der Waals surface area contributed by atoms with E-state index < -0.39 is 5.97 Å². The fourth-order valence-corrected chi connectivity index (χ4v) is 4.25. The third-order valence-electron chi connectivity index (χ3n) is 4.86. The monoisotopic (exact) mass is 397 g/mol. The van der Waals surface area contributed by atoms with Gasteiger partial charge in [0.05, 0.1) is 11.3 Å². The first-order valence-corrected chi connectivity index (χ1v) is 10.5. The van der Waals surface area contributed by atoms with Gasteiger partial charge in [0.1, 0.15) is 0 Å². The molecular formula is C23H27NO3S. The molecule has 1 atom stereocenters. The second kappa shape index (κ2) is 8.39. The molecule has 0 aromatic heterocycles. The van der Waals surface area contributed by atoms with Crippen LogP contribution in [0.25, 0.3) is 0 Å². The number of para-hydroxylation sites is 1. The highest BCUT2D eigenvalue weighted by Gasteiger charge is 2.25. The molecule has 0 unspecified atom stereocenters. The Morgan fingerprint density at radius 3 is 2.46 bits per heavy atom. The van der Waals surface area contributed by atoms with Gasteiger partial charge in [-0.2, -0.15) is 0 Å². The van der Waals surface area contributed by atoms with E-state index >= 15 is 0 Å². The number of nitrogens with zero attached hydrogens (tertiary/aromatic N) is 1. The van der Waals surface area contributed by atoms with E-state index in [9.17, 15) is 9.59 Å². The van der Waals surface area contributed by atoms with Gasteiger partial charge in [-0.1, -0.05) is 52.0 Å². The third kappa shape index (κ3) is 4.76. The van der Waals surface area contributed by atoms with Crippen LogP contribution in [-0.4, -0.2) is 30.3 Å². The van der Waals surface area contributed by atoms with Crippen LogP contribution in [0.1, 0.15) is 50.0 Å². The van der Waals surface area contributed by atoms with E-state index in [1.165, 1.54) is 0 Å². The molecule has 1 heterocycles. The molecule has 0 saturated heterocycles. The first-order chi connectivity index (χ1) is 13.3. The lowest BCUT2D eigenvalue weighted by Gasteiger charge is -2.22. The minimum absolute atomic E-state index is 0.0215. The molecule has 148 valence electrons. The van der Waals surface area contributed by atoms with Gasteiger partial charge in [-0.25, -0.2) is 4.79 Å². The molecule has 2 aromatic carbocycles. The number of esters is 1.